The summed E-state index contributed by atoms with van der Waals surface area (Å²) in [5.74, 6) is -0.209. The molecule has 1 fully saturated rings. The number of hydrogen-bond donors (Lipinski definition) is 3. The number of anilines is 1. The Bertz CT molecular complexity index is 516. The predicted molar refractivity (Wildman–Crippen MR) is 81.0 cm³/mol. The molecule has 114 valence electrons. The number of nitrogens with one attached hydrogen (secondary N) is 2. The first-order chi connectivity index (χ1) is 10.1. The highest BCUT2D eigenvalue weighted by atomic mass is 16.3. The fourth-order valence-electron chi connectivity index (χ4n) is 2.69. The van der Waals surface area contributed by atoms with Gasteiger partial charge in [0.15, 0.2) is 0 Å². The molecule has 2 atom stereocenters. The molecule has 1 aromatic carbocycles. The largest absolute Gasteiger partial charge is 0.393 e. The normalized spacial score (nSPS) is 21.6. The molecule has 2 unspecified atom stereocenters. The van der Waals surface area contributed by atoms with Gasteiger partial charge in [0.1, 0.15) is 0 Å². The van der Waals surface area contributed by atoms with E-state index in [1.807, 2.05) is 0 Å². The summed E-state index contributed by atoms with van der Waals surface area (Å²) in [6, 6.07) is 6.82. The molecule has 5 heteroatoms. The molecule has 2 amide bonds. The number of carbonyl (C=O) groups excluding carboxylic acids is 2. The van der Waals surface area contributed by atoms with Crippen molar-refractivity contribution in [2.24, 2.45) is 5.92 Å². The maximum Gasteiger partial charge on any atom is 0.251 e. The van der Waals surface area contributed by atoms with Crippen LogP contribution in [-0.2, 0) is 4.79 Å². The molecule has 0 aliphatic heterocycles. The fourth-order valence-corrected chi connectivity index (χ4v) is 2.69. The molecule has 1 aromatic rings. The molecule has 0 radical (unpaired) electrons. The van der Waals surface area contributed by atoms with Crippen molar-refractivity contribution in [3.8, 4) is 0 Å². The van der Waals surface area contributed by atoms with Crippen LogP contribution < -0.4 is 10.6 Å². The van der Waals surface area contributed by atoms with Crippen LogP contribution >= 0.6 is 0 Å². The molecular weight excluding hydrogens is 268 g/mol. The highest BCUT2D eigenvalue weighted by Crippen LogP contribution is 2.23. The lowest BCUT2D eigenvalue weighted by atomic mass is 9.86. The van der Waals surface area contributed by atoms with E-state index >= 15 is 0 Å². The number of aliphatic hydroxyl groups is 1. The average molecular weight is 290 g/mol. The highest BCUT2D eigenvalue weighted by Gasteiger charge is 2.23. The van der Waals surface area contributed by atoms with Gasteiger partial charge in [0.05, 0.1) is 6.10 Å². The summed E-state index contributed by atoms with van der Waals surface area (Å²) in [5.41, 5.74) is 1.11. The van der Waals surface area contributed by atoms with Gasteiger partial charge in [-0.15, -0.1) is 0 Å². The average Bonchev–Trinajstić information content (AvgIpc) is 2.45. The third kappa shape index (κ3) is 4.56. The van der Waals surface area contributed by atoms with Crippen LogP contribution in [0.4, 0.5) is 5.69 Å². The van der Waals surface area contributed by atoms with Gasteiger partial charge in [-0.25, -0.2) is 0 Å². The van der Waals surface area contributed by atoms with E-state index in [0.717, 1.165) is 25.7 Å². The van der Waals surface area contributed by atoms with E-state index in [-0.39, 0.29) is 23.8 Å². The van der Waals surface area contributed by atoms with Crippen molar-refractivity contribution in [1.82, 2.24) is 5.32 Å². The summed E-state index contributed by atoms with van der Waals surface area (Å²) in [5, 5.41) is 15.4. The number of aliphatic hydroxyl groups excluding tert-OH is 1. The number of amides is 2. The second-order valence-electron chi connectivity index (χ2n) is 5.58. The van der Waals surface area contributed by atoms with Crippen LogP contribution in [0.1, 0.15) is 43.0 Å². The van der Waals surface area contributed by atoms with Gasteiger partial charge in [-0.05, 0) is 31.0 Å². The maximum absolute atomic E-state index is 12.1. The summed E-state index contributed by atoms with van der Waals surface area (Å²) in [6.07, 6.45) is 3.62. The van der Waals surface area contributed by atoms with E-state index in [1.165, 1.54) is 6.92 Å². The first-order valence-electron chi connectivity index (χ1n) is 7.40. The van der Waals surface area contributed by atoms with Crippen LogP contribution in [0, 0.1) is 5.92 Å². The first kappa shape index (κ1) is 15.5. The van der Waals surface area contributed by atoms with Crippen LogP contribution in [0.15, 0.2) is 24.3 Å². The number of hydrogen-bond acceptors (Lipinski definition) is 3. The minimum Gasteiger partial charge on any atom is -0.393 e. The van der Waals surface area contributed by atoms with Gasteiger partial charge in [0.25, 0.3) is 5.91 Å². The lowest BCUT2D eigenvalue weighted by Gasteiger charge is -2.27. The second kappa shape index (κ2) is 7.22. The van der Waals surface area contributed by atoms with Crippen LogP contribution in [-0.4, -0.2) is 29.6 Å². The zero-order valence-corrected chi connectivity index (χ0v) is 12.3. The number of rotatable bonds is 4. The Morgan fingerprint density at radius 3 is 2.76 bits per heavy atom. The predicted octanol–water partition coefficient (Wildman–Crippen LogP) is 1.93. The lowest BCUT2D eigenvalue weighted by molar-refractivity contribution is -0.114. The Kier molecular flexibility index (Phi) is 5.33. The Balaban J connectivity index is 1.92. The summed E-state index contributed by atoms with van der Waals surface area (Å²) in [6.45, 7) is 1.92. The highest BCUT2D eigenvalue weighted by molar-refractivity contribution is 5.96. The summed E-state index contributed by atoms with van der Waals surface area (Å²) < 4.78 is 0. The van der Waals surface area contributed by atoms with E-state index in [1.54, 1.807) is 24.3 Å². The van der Waals surface area contributed by atoms with Crippen LogP contribution in [0.3, 0.4) is 0 Å². The molecule has 1 saturated carbocycles. The molecule has 3 N–H and O–H groups in total. The van der Waals surface area contributed by atoms with Crippen LogP contribution in [0.5, 0.6) is 0 Å². The minimum absolute atomic E-state index is 0.140. The van der Waals surface area contributed by atoms with Crippen molar-refractivity contribution in [3.05, 3.63) is 29.8 Å². The minimum atomic E-state index is -0.315. The Labute approximate surface area is 124 Å². The first-order valence-corrected chi connectivity index (χ1v) is 7.40. The standard InChI is InChI=1S/C16H22N2O3/c1-11(19)18-14-7-4-6-12(9-14)16(21)17-10-13-5-2-3-8-15(13)20/h4,6-7,9,13,15,20H,2-3,5,8,10H2,1H3,(H,17,21)(H,18,19). The Morgan fingerprint density at radius 2 is 2.05 bits per heavy atom. The molecule has 0 heterocycles. The van der Waals surface area contributed by atoms with Crippen molar-refractivity contribution in [3.63, 3.8) is 0 Å². The summed E-state index contributed by atoms with van der Waals surface area (Å²) in [7, 11) is 0. The molecule has 1 aliphatic rings. The maximum atomic E-state index is 12.1. The number of benzene rings is 1. The monoisotopic (exact) mass is 290 g/mol. The van der Waals surface area contributed by atoms with Gasteiger partial charge in [-0.1, -0.05) is 18.9 Å². The van der Waals surface area contributed by atoms with Crippen molar-refractivity contribution in [2.75, 3.05) is 11.9 Å². The Hall–Kier alpha value is -1.88. The third-order valence-electron chi connectivity index (χ3n) is 3.84. The van der Waals surface area contributed by atoms with Crippen LogP contribution in [0.2, 0.25) is 0 Å². The van der Waals surface area contributed by atoms with Gasteiger partial charge in [-0.2, -0.15) is 0 Å². The van der Waals surface area contributed by atoms with Crippen molar-refractivity contribution in [1.29, 1.82) is 0 Å². The molecule has 0 bridgehead atoms. The zero-order valence-electron chi connectivity index (χ0n) is 12.3. The van der Waals surface area contributed by atoms with Crippen molar-refractivity contribution < 1.29 is 14.7 Å². The zero-order chi connectivity index (χ0) is 15.2. The van der Waals surface area contributed by atoms with Gasteiger partial charge in [-0.3, -0.25) is 9.59 Å². The van der Waals surface area contributed by atoms with E-state index in [4.69, 9.17) is 0 Å². The van der Waals surface area contributed by atoms with Gasteiger partial charge >= 0.3 is 0 Å². The van der Waals surface area contributed by atoms with Crippen molar-refractivity contribution >= 4 is 17.5 Å². The number of carbonyl (C=O) groups is 2. The summed E-state index contributed by atoms with van der Waals surface area (Å²) >= 11 is 0. The summed E-state index contributed by atoms with van der Waals surface area (Å²) in [4.78, 5) is 23.1. The topological polar surface area (TPSA) is 78.4 Å². The van der Waals surface area contributed by atoms with Gasteiger partial charge in [0.2, 0.25) is 5.91 Å². The quantitative estimate of drug-likeness (QED) is 0.793. The molecule has 5 nitrogen and oxygen atoms in total. The van der Waals surface area contributed by atoms with Gasteiger partial charge < -0.3 is 15.7 Å². The van der Waals surface area contributed by atoms with Gasteiger partial charge in [0, 0.05) is 30.6 Å². The smallest absolute Gasteiger partial charge is 0.251 e. The van der Waals surface area contributed by atoms with E-state index in [2.05, 4.69) is 10.6 Å². The molecule has 21 heavy (non-hydrogen) atoms. The van der Waals surface area contributed by atoms with E-state index in [9.17, 15) is 14.7 Å². The molecule has 2 rings (SSSR count). The molecule has 0 saturated heterocycles. The molecular formula is C16H22N2O3. The van der Waals surface area contributed by atoms with E-state index in [0.29, 0.717) is 17.8 Å². The molecule has 0 spiro atoms. The third-order valence-corrected chi connectivity index (χ3v) is 3.84. The van der Waals surface area contributed by atoms with Crippen molar-refractivity contribution in [2.45, 2.75) is 38.7 Å². The van der Waals surface area contributed by atoms with E-state index < -0.39 is 0 Å². The Morgan fingerprint density at radius 1 is 1.29 bits per heavy atom. The lowest BCUT2D eigenvalue weighted by Crippen LogP contribution is -2.36. The second-order valence-corrected chi connectivity index (χ2v) is 5.58. The molecule has 1 aliphatic carbocycles. The SMILES string of the molecule is CC(=O)Nc1cccc(C(=O)NCC2CCCCC2O)c1. The fraction of sp³-hybridized carbons (Fsp3) is 0.500. The molecule has 0 aromatic heterocycles. The van der Waals surface area contributed by atoms with Crippen LogP contribution in [0.25, 0.3) is 0 Å².